The molecule has 1 unspecified atom stereocenters. The van der Waals surface area contributed by atoms with Crippen molar-refractivity contribution in [2.45, 2.75) is 12.3 Å². The molecule has 0 spiro atoms. The van der Waals surface area contributed by atoms with Crippen molar-refractivity contribution in [3.63, 3.8) is 0 Å². The summed E-state index contributed by atoms with van der Waals surface area (Å²) in [5.41, 5.74) is 1.28. The number of carboxylic acid groups (broad SMARTS) is 1. The van der Waals surface area contributed by atoms with Gasteiger partial charge in [0.1, 0.15) is 5.75 Å². The third kappa shape index (κ3) is 3.24. The van der Waals surface area contributed by atoms with Crippen LogP contribution in [0.15, 0.2) is 42.5 Å². The third-order valence-electron chi connectivity index (χ3n) is 3.05. The number of aromatic hydroxyl groups is 1. The van der Waals surface area contributed by atoms with E-state index in [1.807, 2.05) is 0 Å². The van der Waals surface area contributed by atoms with Crippen LogP contribution >= 0.6 is 23.2 Å². The monoisotopic (exact) mass is 310 g/mol. The van der Waals surface area contributed by atoms with E-state index in [1.54, 1.807) is 30.3 Å². The number of carbonyl (C=O) groups is 1. The highest BCUT2D eigenvalue weighted by molar-refractivity contribution is 6.42. The van der Waals surface area contributed by atoms with Crippen LogP contribution in [-0.4, -0.2) is 16.2 Å². The van der Waals surface area contributed by atoms with E-state index >= 15 is 0 Å². The fourth-order valence-electron chi connectivity index (χ4n) is 1.98. The molecular formula is C15H12Cl2O3. The number of phenols is 1. The lowest BCUT2D eigenvalue weighted by Gasteiger charge is -2.14. The summed E-state index contributed by atoms with van der Waals surface area (Å²) in [6, 6.07) is 11.3. The summed E-state index contributed by atoms with van der Waals surface area (Å²) in [6.07, 6.45) is 0.236. The van der Waals surface area contributed by atoms with Crippen molar-refractivity contribution in [2.24, 2.45) is 0 Å². The largest absolute Gasteiger partial charge is 0.508 e. The smallest absolute Gasteiger partial charge is 0.311 e. The summed E-state index contributed by atoms with van der Waals surface area (Å²) >= 11 is 12.0. The lowest BCUT2D eigenvalue weighted by molar-refractivity contribution is -0.138. The molecule has 2 rings (SSSR count). The Balaban J connectivity index is 2.33. The first-order valence-corrected chi connectivity index (χ1v) is 6.69. The van der Waals surface area contributed by atoms with Crippen LogP contribution in [0, 0.1) is 0 Å². The van der Waals surface area contributed by atoms with Gasteiger partial charge in [-0.05, 0) is 35.7 Å². The first-order chi connectivity index (χ1) is 9.49. The molecule has 2 N–H and O–H groups in total. The Morgan fingerprint density at radius 3 is 2.35 bits per heavy atom. The molecule has 0 saturated carbocycles. The van der Waals surface area contributed by atoms with E-state index in [1.165, 1.54) is 12.1 Å². The van der Waals surface area contributed by atoms with Crippen molar-refractivity contribution in [1.29, 1.82) is 0 Å². The summed E-state index contributed by atoms with van der Waals surface area (Å²) < 4.78 is 0. The molecule has 0 aliphatic rings. The Morgan fingerprint density at radius 1 is 1.10 bits per heavy atom. The van der Waals surface area contributed by atoms with Gasteiger partial charge in [0.15, 0.2) is 0 Å². The van der Waals surface area contributed by atoms with Crippen LogP contribution in [-0.2, 0) is 11.2 Å². The summed E-state index contributed by atoms with van der Waals surface area (Å²) in [5, 5.41) is 19.4. The van der Waals surface area contributed by atoms with E-state index in [0.29, 0.717) is 21.2 Å². The molecule has 0 aliphatic carbocycles. The average molecular weight is 311 g/mol. The van der Waals surface area contributed by atoms with E-state index in [0.717, 1.165) is 0 Å². The van der Waals surface area contributed by atoms with Crippen LogP contribution in [0.2, 0.25) is 10.0 Å². The first-order valence-electron chi connectivity index (χ1n) is 5.93. The average Bonchev–Trinajstić information content (AvgIpc) is 2.41. The van der Waals surface area contributed by atoms with Crippen molar-refractivity contribution in [2.75, 3.05) is 0 Å². The van der Waals surface area contributed by atoms with Crippen LogP contribution in [0.3, 0.4) is 0 Å². The van der Waals surface area contributed by atoms with Crippen LogP contribution < -0.4 is 0 Å². The topological polar surface area (TPSA) is 57.5 Å². The molecule has 3 nitrogen and oxygen atoms in total. The van der Waals surface area contributed by atoms with Gasteiger partial charge in [0.2, 0.25) is 0 Å². The van der Waals surface area contributed by atoms with E-state index < -0.39 is 11.9 Å². The van der Waals surface area contributed by atoms with Crippen LogP contribution in [0.4, 0.5) is 0 Å². The van der Waals surface area contributed by atoms with Gasteiger partial charge >= 0.3 is 5.97 Å². The van der Waals surface area contributed by atoms with Gasteiger partial charge in [-0.25, -0.2) is 0 Å². The Bertz CT molecular complexity index is 624. The summed E-state index contributed by atoms with van der Waals surface area (Å²) in [7, 11) is 0. The number of phenolic OH excluding ortho intramolecular Hbond substituents is 1. The zero-order chi connectivity index (χ0) is 14.7. The highest BCUT2D eigenvalue weighted by Gasteiger charge is 2.22. The molecule has 0 aliphatic heterocycles. The minimum Gasteiger partial charge on any atom is -0.508 e. The van der Waals surface area contributed by atoms with Gasteiger partial charge in [0, 0.05) is 0 Å². The number of hydrogen-bond donors (Lipinski definition) is 2. The SMILES string of the molecule is O=C(O)C(Cc1cccc(Cl)c1Cl)c1ccc(O)cc1. The minimum atomic E-state index is -0.952. The number of aliphatic carboxylic acids is 1. The number of halogens is 2. The summed E-state index contributed by atoms with van der Waals surface area (Å²) in [5.74, 6) is -1.60. The number of rotatable bonds is 4. The van der Waals surface area contributed by atoms with Crippen LogP contribution in [0.1, 0.15) is 17.0 Å². The molecule has 0 bridgehead atoms. The van der Waals surface area contributed by atoms with Gasteiger partial charge in [-0.15, -0.1) is 0 Å². The predicted molar refractivity (Wildman–Crippen MR) is 78.6 cm³/mol. The van der Waals surface area contributed by atoms with Crippen molar-refractivity contribution in [3.05, 3.63) is 63.6 Å². The normalized spacial score (nSPS) is 12.1. The fourth-order valence-corrected chi connectivity index (χ4v) is 2.38. The zero-order valence-corrected chi connectivity index (χ0v) is 11.9. The van der Waals surface area contributed by atoms with E-state index in [4.69, 9.17) is 23.2 Å². The first kappa shape index (κ1) is 14.7. The molecule has 5 heteroatoms. The fraction of sp³-hybridized carbons (Fsp3) is 0.133. The zero-order valence-electron chi connectivity index (χ0n) is 10.4. The molecule has 2 aromatic rings. The minimum absolute atomic E-state index is 0.0960. The second-order valence-corrected chi connectivity index (χ2v) is 5.18. The maximum atomic E-state index is 11.4. The van der Waals surface area contributed by atoms with Gasteiger partial charge in [-0.3, -0.25) is 4.79 Å². The maximum Gasteiger partial charge on any atom is 0.311 e. The molecule has 0 aromatic heterocycles. The highest BCUT2D eigenvalue weighted by Crippen LogP contribution is 2.30. The van der Waals surface area contributed by atoms with Crippen LogP contribution in [0.25, 0.3) is 0 Å². The maximum absolute atomic E-state index is 11.4. The van der Waals surface area contributed by atoms with E-state index in [2.05, 4.69) is 0 Å². The molecule has 0 radical (unpaired) electrons. The van der Waals surface area contributed by atoms with Gasteiger partial charge in [-0.1, -0.05) is 47.5 Å². The summed E-state index contributed by atoms with van der Waals surface area (Å²) in [6.45, 7) is 0. The number of hydrogen-bond acceptors (Lipinski definition) is 2. The molecule has 20 heavy (non-hydrogen) atoms. The number of carboxylic acids is 1. The van der Waals surface area contributed by atoms with E-state index in [9.17, 15) is 15.0 Å². The van der Waals surface area contributed by atoms with Crippen molar-refractivity contribution in [1.82, 2.24) is 0 Å². The molecule has 2 aromatic carbocycles. The Morgan fingerprint density at radius 2 is 1.75 bits per heavy atom. The van der Waals surface area contributed by atoms with Gasteiger partial charge in [0.25, 0.3) is 0 Å². The molecule has 0 fully saturated rings. The lowest BCUT2D eigenvalue weighted by atomic mass is 9.92. The summed E-state index contributed by atoms with van der Waals surface area (Å²) in [4.78, 5) is 11.4. The van der Waals surface area contributed by atoms with Gasteiger partial charge < -0.3 is 10.2 Å². The van der Waals surface area contributed by atoms with Gasteiger partial charge in [0.05, 0.1) is 16.0 Å². The highest BCUT2D eigenvalue weighted by atomic mass is 35.5. The van der Waals surface area contributed by atoms with Crippen molar-refractivity contribution >= 4 is 29.2 Å². The molecule has 0 amide bonds. The number of benzene rings is 2. The van der Waals surface area contributed by atoms with Gasteiger partial charge in [-0.2, -0.15) is 0 Å². The Labute approximate surface area is 126 Å². The quantitative estimate of drug-likeness (QED) is 0.893. The molecule has 1 atom stereocenters. The predicted octanol–water partition coefficient (Wildman–Crippen LogP) is 4.11. The molecular weight excluding hydrogens is 299 g/mol. The second kappa shape index (κ2) is 6.16. The van der Waals surface area contributed by atoms with Crippen LogP contribution in [0.5, 0.6) is 5.75 Å². The second-order valence-electron chi connectivity index (χ2n) is 4.40. The standard InChI is InChI=1S/C15H12Cl2O3/c16-13-3-1-2-10(14(13)17)8-12(15(19)20)9-4-6-11(18)7-5-9/h1-7,12,18H,8H2,(H,19,20). The van der Waals surface area contributed by atoms with Crippen molar-refractivity contribution < 1.29 is 15.0 Å². The lowest BCUT2D eigenvalue weighted by Crippen LogP contribution is -2.14. The Hall–Kier alpha value is -1.71. The van der Waals surface area contributed by atoms with E-state index in [-0.39, 0.29) is 12.2 Å². The molecule has 0 heterocycles. The molecule has 104 valence electrons. The molecule has 0 saturated heterocycles. The third-order valence-corrected chi connectivity index (χ3v) is 3.91. The van der Waals surface area contributed by atoms with Crippen molar-refractivity contribution in [3.8, 4) is 5.75 Å². The Kier molecular flexibility index (Phi) is 4.53.